The van der Waals surface area contributed by atoms with Crippen molar-refractivity contribution in [3.63, 3.8) is 0 Å². The maximum atomic E-state index is 12.1. The van der Waals surface area contributed by atoms with Crippen LogP contribution in [0.15, 0.2) is 42.5 Å². The van der Waals surface area contributed by atoms with Crippen molar-refractivity contribution in [2.24, 2.45) is 0 Å². The van der Waals surface area contributed by atoms with Crippen molar-refractivity contribution in [3.05, 3.63) is 48.0 Å². The molecule has 134 valence electrons. The van der Waals surface area contributed by atoms with Gasteiger partial charge in [0.1, 0.15) is 0 Å². The zero-order chi connectivity index (χ0) is 18.1. The summed E-state index contributed by atoms with van der Waals surface area (Å²) in [6, 6.07) is 12.8. The third-order valence-corrected chi connectivity index (χ3v) is 3.52. The first-order valence-corrected chi connectivity index (χ1v) is 8.40. The summed E-state index contributed by atoms with van der Waals surface area (Å²) in [4.78, 5) is 12.1. The highest BCUT2D eigenvalue weighted by atomic mass is 16.6. The van der Waals surface area contributed by atoms with Crippen LogP contribution >= 0.6 is 0 Å². The molecular formula is C20H24O5. The maximum absolute atomic E-state index is 12.1. The molecule has 0 aliphatic rings. The Morgan fingerprint density at radius 1 is 0.880 bits per heavy atom. The second-order valence-corrected chi connectivity index (χ2v) is 5.27. The predicted octanol–water partition coefficient (Wildman–Crippen LogP) is 4.03. The van der Waals surface area contributed by atoms with Crippen LogP contribution in [0.1, 0.15) is 25.8 Å². The molecule has 5 nitrogen and oxygen atoms in total. The topological polar surface area (TPSA) is 54.0 Å². The normalized spacial score (nSPS) is 10.2. The van der Waals surface area contributed by atoms with E-state index in [0.29, 0.717) is 42.6 Å². The molecule has 0 aliphatic heterocycles. The highest BCUT2D eigenvalue weighted by molar-refractivity contribution is 5.73. The number of methoxy groups -OCH3 is 1. The van der Waals surface area contributed by atoms with Gasteiger partial charge in [-0.15, -0.1) is 0 Å². The molecule has 0 fully saturated rings. The lowest BCUT2D eigenvalue weighted by atomic mass is 10.1. The van der Waals surface area contributed by atoms with E-state index in [-0.39, 0.29) is 12.4 Å². The highest BCUT2D eigenvalue weighted by Gasteiger charge is 2.11. The molecular weight excluding hydrogens is 320 g/mol. The van der Waals surface area contributed by atoms with Crippen LogP contribution in [0.25, 0.3) is 0 Å². The molecule has 0 saturated carbocycles. The van der Waals surface area contributed by atoms with Gasteiger partial charge in [0.05, 0.1) is 20.3 Å². The van der Waals surface area contributed by atoms with Crippen LogP contribution in [0.4, 0.5) is 0 Å². The summed E-state index contributed by atoms with van der Waals surface area (Å²) in [5.74, 6) is 2.07. The number of rotatable bonds is 9. The van der Waals surface area contributed by atoms with E-state index in [1.807, 2.05) is 44.2 Å². The van der Waals surface area contributed by atoms with Crippen LogP contribution in [0.2, 0.25) is 0 Å². The molecule has 0 saturated heterocycles. The van der Waals surface area contributed by atoms with Crippen LogP contribution in [0.5, 0.6) is 23.0 Å². The summed E-state index contributed by atoms with van der Waals surface area (Å²) < 4.78 is 21.7. The van der Waals surface area contributed by atoms with Crippen molar-refractivity contribution in [2.45, 2.75) is 26.7 Å². The molecule has 0 heterocycles. The molecule has 2 aromatic carbocycles. The average molecular weight is 344 g/mol. The summed E-state index contributed by atoms with van der Waals surface area (Å²) in [6.45, 7) is 4.89. The molecule has 5 heteroatoms. The monoisotopic (exact) mass is 344 g/mol. The lowest BCUT2D eigenvalue weighted by molar-refractivity contribution is -0.134. The van der Waals surface area contributed by atoms with Crippen LogP contribution in [-0.4, -0.2) is 26.3 Å². The second-order valence-electron chi connectivity index (χ2n) is 5.27. The van der Waals surface area contributed by atoms with Gasteiger partial charge in [-0.05, 0) is 50.1 Å². The smallest absolute Gasteiger partial charge is 0.311 e. The standard InChI is InChI=1S/C20H24O5/c1-4-23-16-8-6-7-9-18(16)25-20(21)13-11-15-10-12-17(24-5-2)19(14-15)22-3/h6-10,12,14H,4-5,11,13H2,1-3H3. The van der Waals surface area contributed by atoms with Crippen molar-refractivity contribution in [2.75, 3.05) is 20.3 Å². The first-order chi connectivity index (χ1) is 12.2. The summed E-state index contributed by atoms with van der Waals surface area (Å²) >= 11 is 0. The van der Waals surface area contributed by atoms with Crippen LogP contribution in [0.3, 0.4) is 0 Å². The highest BCUT2D eigenvalue weighted by Crippen LogP contribution is 2.29. The number of ether oxygens (including phenoxy) is 4. The predicted molar refractivity (Wildman–Crippen MR) is 95.7 cm³/mol. The van der Waals surface area contributed by atoms with Crippen molar-refractivity contribution in [1.82, 2.24) is 0 Å². The first-order valence-electron chi connectivity index (χ1n) is 8.40. The Morgan fingerprint density at radius 3 is 2.16 bits per heavy atom. The first kappa shape index (κ1) is 18.6. The number of aryl methyl sites for hydroxylation is 1. The quantitative estimate of drug-likeness (QED) is 0.508. The largest absolute Gasteiger partial charge is 0.493 e. The van der Waals surface area contributed by atoms with Gasteiger partial charge in [-0.25, -0.2) is 0 Å². The zero-order valence-electron chi connectivity index (χ0n) is 14.9. The van der Waals surface area contributed by atoms with Gasteiger partial charge in [0.25, 0.3) is 0 Å². The Labute approximate surface area is 148 Å². The summed E-state index contributed by atoms with van der Waals surface area (Å²) in [5.41, 5.74) is 0.982. The Bertz CT molecular complexity index is 696. The number of carbonyl (C=O) groups excluding carboxylic acids is 1. The molecule has 0 unspecified atom stereocenters. The van der Waals surface area contributed by atoms with Gasteiger partial charge in [-0.3, -0.25) is 4.79 Å². The van der Waals surface area contributed by atoms with Crippen LogP contribution in [0, 0.1) is 0 Å². The van der Waals surface area contributed by atoms with Gasteiger partial charge in [0.2, 0.25) is 0 Å². The fraction of sp³-hybridized carbons (Fsp3) is 0.350. The van der Waals surface area contributed by atoms with Gasteiger partial charge in [-0.2, -0.15) is 0 Å². The molecule has 0 atom stereocenters. The third kappa shape index (κ3) is 5.41. The maximum Gasteiger partial charge on any atom is 0.311 e. The van der Waals surface area contributed by atoms with E-state index in [1.165, 1.54) is 0 Å². The number of hydrogen-bond acceptors (Lipinski definition) is 5. The van der Waals surface area contributed by atoms with Crippen LogP contribution < -0.4 is 18.9 Å². The number of carbonyl (C=O) groups is 1. The lowest BCUT2D eigenvalue weighted by Gasteiger charge is -2.12. The zero-order valence-corrected chi connectivity index (χ0v) is 14.9. The van der Waals surface area contributed by atoms with Crippen molar-refractivity contribution < 1.29 is 23.7 Å². The van der Waals surface area contributed by atoms with Gasteiger partial charge in [-0.1, -0.05) is 18.2 Å². The van der Waals surface area contributed by atoms with Gasteiger partial charge in [0.15, 0.2) is 23.0 Å². The molecule has 0 radical (unpaired) electrons. The van der Waals surface area contributed by atoms with Crippen molar-refractivity contribution >= 4 is 5.97 Å². The fourth-order valence-corrected chi connectivity index (χ4v) is 2.37. The van der Waals surface area contributed by atoms with Crippen molar-refractivity contribution in [1.29, 1.82) is 0 Å². The molecule has 0 N–H and O–H groups in total. The molecule has 0 bridgehead atoms. The molecule has 2 rings (SSSR count). The minimum atomic E-state index is -0.306. The molecule has 25 heavy (non-hydrogen) atoms. The Kier molecular flexibility index (Phi) is 7.14. The van der Waals surface area contributed by atoms with E-state index in [0.717, 1.165) is 5.56 Å². The summed E-state index contributed by atoms with van der Waals surface area (Å²) in [6.07, 6.45) is 0.815. The van der Waals surface area contributed by atoms with Gasteiger partial charge in [0, 0.05) is 6.42 Å². The summed E-state index contributed by atoms with van der Waals surface area (Å²) in [7, 11) is 1.60. The molecule has 2 aromatic rings. The number of para-hydroxylation sites is 2. The summed E-state index contributed by atoms with van der Waals surface area (Å²) in [5, 5.41) is 0. The minimum absolute atomic E-state index is 0.262. The number of esters is 1. The van der Waals surface area contributed by atoms with E-state index in [1.54, 1.807) is 19.2 Å². The van der Waals surface area contributed by atoms with E-state index < -0.39 is 0 Å². The molecule has 0 aromatic heterocycles. The van der Waals surface area contributed by atoms with Crippen LogP contribution in [-0.2, 0) is 11.2 Å². The minimum Gasteiger partial charge on any atom is -0.493 e. The van der Waals surface area contributed by atoms with E-state index in [4.69, 9.17) is 18.9 Å². The molecule has 0 spiro atoms. The van der Waals surface area contributed by atoms with Gasteiger partial charge < -0.3 is 18.9 Å². The molecule has 0 aliphatic carbocycles. The SMILES string of the molecule is CCOc1ccc(CCC(=O)Oc2ccccc2OCC)cc1OC. The molecule has 0 amide bonds. The Balaban J connectivity index is 1.96. The third-order valence-electron chi connectivity index (χ3n) is 3.52. The average Bonchev–Trinajstić information content (AvgIpc) is 2.63. The van der Waals surface area contributed by atoms with Gasteiger partial charge >= 0.3 is 5.97 Å². The van der Waals surface area contributed by atoms with E-state index in [2.05, 4.69) is 0 Å². The van der Waals surface area contributed by atoms with E-state index >= 15 is 0 Å². The van der Waals surface area contributed by atoms with Crippen molar-refractivity contribution in [3.8, 4) is 23.0 Å². The lowest BCUT2D eigenvalue weighted by Crippen LogP contribution is -2.10. The Hall–Kier alpha value is -2.69. The number of hydrogen-bond donors (Lipinski definition) is 0. The second kappa shape index (κ2) is 9.57. The number of benzene rings is 2. The Morgan fingerprint density at radius 2 is 1.52 bits per heavy atom. The van der Waals surface area contributed by atoms with E-state index in [9.17, 15) is 4.79 Å². The fourth-order valence-electron chi connectivity index (χ4n) is 2.37.